The van der Waals surface area contributed by atoms with Crippen molar-refractivity contribution in [2.24, 2.45) is 0 Å². The van der Waals surface area contributed by atoms with Crippen molar-refractivity contribution in [1.29, 1.82) is 0 Å². The number of hydrogen-bond acceptors (Lipinski definition) is 2. The second-order valence-corrected chi connectivity index (χ2v) is 1.70. The number of aromatic amines is 1. The van der Waals surface area contributed by atoms with Crippen molar-refractivity contribution in [1.82, 2.24) is 10.2 Å². The molecule has 0 aliphatic heterocycles. The average molecular weight is 128 g/mol. The molecule has 0 aliphatic rings. The molecule has 0 aliphatic carbocycles. The van der Waals surface area contributed by atoms with Crippen LogP contribution in [0.3, 0.4) is 0 Å². The van der Waals surface area contributed by atoms with Crippen molar-refractivity contribution in [2.75, 3.05) is 0 Å². The Hall–Kier alpha value is -0.770. The van der Waals surface area contributed by atoms with Crippen molar-refractivity contribution in [3.8, 4) is 0 Å². The SMILES string of the molecule is O=C(S)c1cn[nH]c1. The minimum Gasteiger partial charge on any atom is -0.285 e. The first kappa shape index (κ1) is 5.37. The zero-order chi connectivity index (χ0) is 5.98. The number of carbonyl (C=O) groups is 1. The Bertz CT molecular complexity index is 182. The summed E-state index contributed by atoms with van der Waals surface area (Å²) in [7, 11) is 0. The van der Waals surface area contributed by atoms with Crippen LogP contribution in [0.2, 0.25) is 0 Å². The second-order valence-electron chi connectivity index (χ2n) is 1.29. The topological polar surface area (TPSA) is 45.8 Å². The van der Waals surface area contributed by atoms with E-state index in [4.69, 9.17) is 0 Å². The Morgan fingerprint density at radius 1 is 1.88 bits per heavy atom. The number of nitrogens with one attached hydrogen (secondary N) is 1. The molecule has 0 saturated carbocycles. The van der Waals surface area contributed by atoms with Gasteiger partial charge >= 0.3 is 0 Å². The molecule has 0 atom stereocenters. The minimum atomic E-state index is -0.265. The zero-order valence-corrected chi connectivity index (χ0v) is 4.85. The molecule has 1 aromatic heterocycles. The van der Waals surface area contributed by atoms with Crippen LogP contribution in [0.4, 0.5) is 0 Å². The van der Waals surface area contributed by atoms with Crippen LogP contribution in [0, 0.1) is 0 Å². The lowest BCUT2D eigenvalue weighted by Gasteiger charge is -1.76. The van der Waals surface area contributed by atoms with Gasteiger partial charge in [0.15, 0.2) is 0 Å². The Kier molecular flexibility index (Phi) is 1.34. The van der Waals surface area contributed by atoms with E-state index in [9.17, 15) is 4.79 Å². The van der Waals surface area contributed by atoms with Gasteiger partial charge in [0.1, 0.15) is 0 Å². The predicted molar refractivity (Wildman–Crippen MR) is 31.9 cm³/mol. The highest BCUT2D eigenvalue weighted by Gasteiger charge is 1.97. The smallest absolute Gasteiger partial charge is 0.219 e. The molecule has 0 radical (unpaired) electrons. The summed E-state index contributed by atoms with van der Waals surface area (Å²) in [6.07, 6.45) is 2.92. The van der Waals surface area contributed by atoms with Crippen molar-refractivity contribution in [2.45, 2.75) is 0 Å². The van der Waals surface area contributed by atoms with E-state index in [1.54, 1.807) is 0 Å². The van der Waals surface area contributed by atoms with E-state index in [1.807, 2.05) is 0 Å². The molecule has 0 unspecified atom stereocenters. The fourth-order valence-electron chi connectivity index (χ4n) is 0.368. The van der Waals surface area contributed by atoms with Crippen LogP contribution >= 0.6 is 12.6 Å². The number of H-pyrrole nitrogens is 1. The highest BCUT2D eigenvalue weighted by atomic mass is 32.1. The number of carbonyl (C=O) groups excluding carboxylic acids is 1. The first-order chi connectivity index (χ1) is 3.80. The summed E-state index contributed by atoms with van der Waals surface area (Å²) in [4.78, 5) is 10.3. The van der Waals surface area contributed by atoms with Gasteiger partial charge in [-0.05, 0) is 0 Å². The average Bonchev–Trinajstić information content (AvgIpc) is 2.12. The van der Waals surface area contributed by atoms with Crippen LogP contribution in [0.1, 0.15) is 10.4 Å². The van der Waals surface area contributed by atoms with E-state index in [0.29, 0.717) is 5.56 Å². The molecule has 0 saturated heterocycles. The molecule has 1 N–H and O–H groups in total. The van der Waals surface area contributed by atoms with Crippen LogP contribution < -0.4 is 0 Å². The molecule has 1 aromatic rings. The van der Waals surface area contributed by atoms with Gasteiger partial charge in [-0.15, -0.1) is 12.6 Å². The van der Waals surface area contributed by atoms with Crippen LogP contribution in [0.5, 0.6) is 0 Å². The van der Waals surface area contributed by atoms with Gasteiger partial charge in [0, 0.05) is 6.20 Å². The normalized spacial score (nSPS) is 9.12. The monoisotopic (exact) mass is 128 g/mol. The van der Waals surface area contributed by atoms with Gasteiger partial charge in [-0.1, -0.05) is 0 Å². The molecule has 0 fully saturated rings. The number of hydrogen-bond donors (Lipinski definition) is 2. The minimum absolute atomic E-state index is 0.265. The maximum Gasteiger partial charge on any atom is 0.219 e. The van der Waals surface area contributed by atoms with Crippen molar-refractivity contribution >= 4 is 17.7 Å². The van der Waals surface area contributed by atoms with Crippen molar-refractivity contribution < 1.29 is 4.79 Å². The van der Waals surface area contributed by atoms with E-state index in [2.05, 4.69) is 22.8 Å². The summed E-state index contributed by atoms with van der Waals surface area (Å²) in [5.74, 6) is 0. The Morgan fingerprint density at radius 3 is 2.88 bits per heavy atom. The molecule has 42 valence electrons. The molecule has 0 amide bonds. The lowest BCUT2D eigenvalue weighted by atomic mass is 10.4. The summed E-state index contributed by atoms with van der Waals surface area (Å²) in [5.41, 5.74) is 0.494. The molecule has 4 heteroatoms. The van der Waals surface area contributed by atoms with Crippen LogP contribution in [0.25, 0.3) is 0 Å². The van der Waals surface area contributed by atoms with E-state index < -0.39 is 0 Å². The summed E-state index contributed by atoms with van der Waals surface area (Å²) in [5, 5.41) is 5.78. The molecule has 3 nitrogen and oxygen atoms in total. The Labute approximate surface area is 51.5 Å². The first-order valence-electron chi connectivity index (χ1n) is 2.03. The third-order valence-electron chi connectivity index (χ3n) is 0.745. The summed E-state index contributed by atoms with van der Waals surface area (Å²) < 4.78 is 0. The van der Waals surface area contributed by atoms with Crippen LogP contribution in [-0.2, 0) is 0 Å². The number of nitrogens with zero attached hydrogens (tertiary/aromatic N) is 1. The summed E-state index contributed by atoms with van der Waals surface area (Å²) >= 11 is 3.55. The first-order valence-corrected chi connectivity index (χ1v) is 2.47. The third kappa shape index (κ3) is 0.894. The number of rotatable bonds is 1. The molecule has 1 rings (SSSR count). The van der Waals surface area contributed by atoms with Gasteiger partial charge in [-0.3, -0.25) is 9.89 Å². The molecule has 1 heterocycles. The Balaban J connectivity index is 2.93. The van der Waals surface area contributed by atoms with Gasteiger partial charge in [0.25, 0.3) is 0 Å². The quantitative estimate of drug-likeness (QED) is 0.540. The maximum absolute atomic E-state index is 10.3. The highest BCUT2D eigenvalue weighted by Crippen LogP contribution is 1.96. The maximum atomic E-state index is 10.3. The zero-order valence-electron chi connectivity index (χ0n) is 3.96. The molecule has 0 spiro atoms. The molecular formula is C4H4N2OS. The third-order valence-corrected chi connectivity index (χ3v) is 1.00. The van der Waals surface area contributed by atoms with Crippen molar-refractivity contribution in [3.63, 3.8) is 0 Å². The number of aromatic nitrogens is 2. The van der Waals surface area contributed by atoms with Crippen molar-refractivity contribution in [3.05, 3.63) is 18.0 Å². The standard InChI is InChI=1S/C4H4N2OS/c7-4(8)3-1-5-6-2-3/h1-2H,(H,5,6)(H,7,8). The summed E-state index contributed by atoms with van der Waals surface area (Å²) in [6.45, 7) is 0. The molecule has 0 bridgehead atoms. The lowest BCUT2D eigenvalue weighted by molar-refractivity contribution is 0.109. The highest BCUT2D eigenvalue weighted by molar-refractivity contribution is 7.97. The number of thiol groups is 1. The fourth-order valence-corrected chi connectivity index (χ4v) is 0.490. The molecule has 8 heavy (non-hydrogen) atoms. The van der Waals surface area contributed by atoms with Crippen LogP contribution in [0.15, 0.2) is 12.4 Å². The fraction of sp³-hybridized carbons (Fsp3) is 0. The van der Waals surface area contributed by atoms with Gasteiger partial charge in [-0.25, -0.2) is 0 Å². The van der Waals surface area contributed by atoms with Gasteiger partial charge in [0.2, 0.25) is 5.12 Å². The largest absolute Gasteiger partial charge is 0.285 e. The van der Waals surface area contributed by atoms with E-state index in [1.165, 1.54) is 12.4 Å². The Morgan fingerprint density at radius 2 is 2.62 bits per heavy atom. The van der Waals surface area contributed by atoms with Gasteiger partial charge in [-0.2, -0.15) is 5.10 Å². The summed E-state index contributed by atoms with van der Waals surface area (Å²) in [6, 6.07) is 0. The predicted octanol–water partition coefficient (Wildman–Crippen LogP) is 0.480. The van der Waals surface area contributed by atoms with E-state index >= 15 is 0 Å². The second kappa shape index (κ2) is 2.00. The van der Waals surface area contributed by atoms with Gasteiger partial charge in [0.05, 0.1) is 11.8 Å². The van der Waals surface area contributed by atoms with E-state index in [0.717, 1.165) is 0 Å². The van der Waals surface area contributed by atoms with Crippen LogP contribution in [-0.4, -0.2) is 15.3 Å². The van der Waals surface area contributed by atoms with Gasteiger partial charge < -0.3 is 0 Å². The molecular weight excluding hydrogens is 124 g/mol. The molecule has 0 aromatic carbocycles. The lowest BCUT2D eigenvalue weighted by Crippen LogP contribution is -1.81. The van der Waals surface area contributed by atoms with E-state index in [-0.39, 0.29) is 5.12 Å².